The van der Waals surface area contributed by atoms with Crippen molar-refractivity contribution in [1.29, 1.82) is 0 Å². The number of carbonyl (C=O) groups is 1. The lowest BCUT2D eigenvalue weighted by Gasteiger charge is -2.11. The van der Waals surface area contributed by atoms with Gasteiger partial charge in [-0.1, -0.05) is 36.7 Å². The second kappa shape index (κ2) is 7.59. The van der Waals surface area contributed by atoms with Gasteiger partial charge in [0.1, 0.15) is 0 Å². The summed E-state index contributed by atoms with van der Waals surface area (Å²) in [4.78, 5) is 37.5. The number of rotatable bonds is 4. The first-order valence-corrected chi connectivity index (χ1v) is 8.65. The van der Waals surface area contributed by atoms with Crippen LogP contribution < -0.4 is 16.6 Å². The van der Waals surface area contributed by atoms with E-state index in [-0.39, 0.29) is 5.69 Å². The SMILES string of the molecule is CCc1ccccc1NC(=O)c1nn(-c2ccc(Cl)cc2)c(=O)n(C)c1=O. The molecule has 3 rings (SSSR count). The molecule has 27 heavy (non-hydrogen) atoms. The van der Waals surface area contributed by atoms with E-state index >= 15 is 0 Å². The summed E-state index contributed by atoms with van der Waals surface area (Å²) in [5.74, 6) is -0.681. The summed E-state index contributed by atoms with van der Waals surface area (Å²) in [7, 11) is 1.30. The van der Waals surface area contributed by atoms with Crippen LogP contribution in [0.4, 0.5) is 5.69 Å². The zero-order valence-corrected chi connectivity index (χ0v) is 15.5. The molecule has 0 saturated carbocycles. The molecule has 2 aromatic carbocycles. The largest absolute Gasteiger partial charge is 0.351 e. The minimum absolute atomic E-state index is 0.377. The number of halogens is 1. The van der Waals surface area contributed by atoms with Crippen LogP contribution in [0.25, 0.3) is 5.69 Å². The van der Waals surface area contributed by atoms with Crippen molar-refractivity contribution in [3.63, 3.8) is 0 Å². The van der Waals surface area contributed by atoms with Gasteiger partial charge in [-0.05, 0) is 42.3 Å². The Labute approximate surface area is 159 Å². The number of aryl methyl sites for hydroxylation is 1. The van der Waals surface area contributed by atoms with Crippen molar-refractivity contribution in [1.82, 2.24) is 14.3 Å². The van der Waals surface area contributed by atoms with Crippen LogP contribution >= 0.6 is 11.6 Å². The van der Waals surface area contributed by atoms with Gasteiger partial charge >= 0.3 is 5.69 Å². The molecular weight excluding hydrogens is 368 g/mol. The lowest BCUT2D eigenvalue weighted by Crippen LogP contribution is -2.43. The maximum atomic E-state index is 12.7. The summed E-state index contributed by atoms with van der Waals surface area (Å²) in [6, 6.07) is 13.6. The van der Waals surface area contributed by atoms with Gasteiger partial charge in [-0.3, -0.25) is 14.2 Å². The third kappa shape index (κ3) is 3.68. The fourth-order valence-corrected chi connectivity index (χ4v) is 2.72. The zero-order chi connectivity index (χ0) is 19.6. The predicted molar refractivity (Wildman–Crippen MR) is 104 cm³/mol. The third-order valence-electron chi connectivity index (χ3n) is 4.11. The van der Waals surface area contributed by atoms with E-state index in [4.69, 9.17) is 11.6 Å². The molecule has 0 fully saturated rings. The topological polar surface area (TPSA) is 86.0 Å². The number of hydrogen-bond acceptors (Lipinski definition) is 4. The molecule has 138 valence electrons. The van der Waals surface area contributed by atoms with Gasteiger partial charge in [-0.25, -0.2) is 4.79 Å². The van der Waals surface area contributed by atoms with E-state index in [0.29, 0.717) is 22.8 Å². The second-order valence-electron chi connectivity index (χ2n) is 5.85. The number of nitrogens with one attached hydrogen (secondary N) is 1. The summed E-state index contributed by atoms with van der Waals surface area (Å²) in [6.45, 7) is 1.96. The van der Waals surface area contributed by atoms with E-state index in [1.54, 1.807) is 36.4 Å². The Kier molecular flexibility index (Phi) is 5.23. The van der Waals surface area contributed by atoms with Gasteiger partial charge in [0.2, 0.25) is 5.69 Å². The summed E-state index contributed by atoms with van der Waals surface area (Å²) < 4.78 is 1.85. The van der Waals surface area contributed by atoms with Crippen LogP contribution in [0.1, 0.15) is 23.0 Å². The van der Waals surface area contributed by atoms with Crippen LogP contribution in [0.2, 0.25) is 5.02 Å². The van der Waals surface area contributed by atoms with Gasteiger partial charge in [-0.15, -0.1) is 0 Å². The molecule has 1 amide bonds. The van der Waals surface area contributed by atoms with Crippen molar-refractivity contribution >= 4 is 23.2 Å². The molecule has 7 nitrogen and oxygen atoms in total. The lowest BCUT2D eigenvalue weighted by molar-refractivity contribution is 0.101. The number of para-hydroxylation sites is 1. The van der Waals surface area contributed by atoms with Crippen molar-refractivity contribution in [2.75, 3.05) is 5.32 Å². The van der Waals surface area contributed by atoms with E-state index in [2.05, 4.69) is 10.4 Å². The van der Waals surface area contributed by atoms with E-state index in [1.165, 1.54) is 7.05 Å². The van der Waals surface area contributed by atoms with Crippen molar-refractivity contribution in [3.8, 4) is 5.69 Å². The van der Waals surface area contributed by atoms with Crippen LogP contribution in [0.5, 0.6) is 0 Å². The van der Waals surface area contributed by atoms with Crippen LogP contribution in [0.3, 0.4) is 0 Å². The minimum atomic E-state index is -0.767. The average Bonchev–Trinajstić information content (AvgIpc) is 2.67. The number of carbonyl (C=O) groups excluding carboxylic acids is 1. The van der Waals surface area contributed by atoms with Crippen molar-refractivity contribution in [2.45, 2.75) is 13.3 Å². The van der Waals surface area contributed by atoms with Crippen LogP contribution in [0, 0.1) is 0 Å². The molecule has 0 saturated heterocycles. The van der Waals surface area contributed by atoms with Crippen LogP contribution in [-0.2, 0) is 13.5 Å². The van der Waals surface area contributed by atoms with E-state index in [9.17, 15) is 14.4 Å². The van der Waals surface area contributed by atoms with Gasteiger partial charge in [0.05, 0.1) is 5.69 Å². The highest BCUT2D eigenvalue weighted by atomic mass is 35.5. The number of anilines is 1. The molecule has 0 bridgehead atoms. The molecule has 0 radical (unpaired) electrons. The molecule has 0 atom stereocenters. The van der Waals surface area contributed by atoms with Crippen LogP contribution in [0.15, 0.2) is 58.1 Å². The third-order valence-corrected chi connectivity index (χ3v) is 4.36. The Morgan fingerprint density at radius 3 is 2.44 bits per heavy atom. The van der Waals surface area contributed by atoms with Gasteiger partial charge < -0.3 is 5.32 Å². The van der Waals surface area contributed by atoms with Crippen LogP contribution in [-0.4, -0.2) is 20.3 Å². The molecule has 0 unspecified atom stereocenters. The van der Waals surface area contributed by atoms with Crippen molar-refractivity contribution < 1.29 is 4.79 Å². The highest BCUT2D eigenvalue weighted by molar-refractivity contribution is 6.30. The Bertz CT molecular complexity index is 1120. The molecule has 1 aromatic heterocycles. The monoisotopic (exact) mass is 384 g/mol. The van der Waals surface area contributed by atoms with Crippen molar-refractivity contribution in [3.05, 3.63) is 85.6 Å². The smallest absolute Gasteiger partial charge is 0.320 e. The number of amides is 1. The van der Waals surface area contributed by atoms with Gasteiger partial charge in [0.15, 0.2) is 0 Å². The predicted octanol–water partition coefficient (Wildman–Crippen LogP) is 2.40. The first-order chi connectivity index (χ1) is 12.9. The standard InChI is InChI=1S/C19H17ClN4O3/c1-3-12-6-4-5-7-15(12)21-17(25)16-18(26)23(2)19(27)24(22-16)14-10-8-13(20)9-11-14/h4-11H,3H2,1-2H3,(H,21,25). The van der Waals surface area contributed by atoms with E-state index < -0.39 is 17.2 Å². The highest BCUT2D eigenvalue weighted by Gasteiger charge is 2.19. The van der Waals surface area contributed by atoms with E-state index in [0.717, 1.165) is 14.8 Å². The first kappa shape index (κ1) is 18.6. The molecule has 0 aliphatic heterocycles. The average molecular weight is 385 g/mol. The molecule has 0 aliphatic carbocycles. The molecule has 3 aromatic rings. The normalized spacial score (nSPS) is 10.6. The van der Waals surface area contributed by atoms with Crippen molar-refractivity contribution in [2.24, 2.45) is 7.05 Å². The molecule has 8 heteroatoms. The molecule has 0 aliphatic rings. The molecule has 1 N–H and O–H groups in total. The molecular formula is C19H17ClN4O3. The summed E-state index contributed by atoms with van der Waals surface area (Å²) in [6.07, 6.45) is 0.714. The number of benzene rings is 2. The number of hydrogen-bond donors (Lipinski definition) is 1. The minimum Gasteiger partial charge on any atom is -0.320 e. The number of aromatic nitrogens is 3. The zero-order valence-electron chi connectivity index (χ0n) is 14.8. The Balaban J connectivity index is 2.07. The second-order valence-corrected chi connectivity index (χ2v) is 6.28. The molecule has 1 heterocycles. The summed E-state index contributed by atoms with van der Waals surface area (Å²) >= 11 is 5.87. The Morgan fingerprint density at radius 2 is 1.78 bits per heavy atom. The lowest BCUT2D eigenvalue weighted by atomic mass is 10.1. The van der Waals surface area contributed by atoms with E-state index in [1.807, 2.05) is 19.1 Å². The Morgan fingerprint density at radius 1 is 1.11 bits per heavy atom. The van der Waals surface area contributed by atoms with Gasteiger partial charge in [0.25, 0.3) is 11.5 Å². The quantitative estimate of drug-likeness (QED) is 0.748. The van der Waals surface area contributed by atoms with Gasteiger partial charge in [0, 0.05) is 17.8 Å². The fraction of sp³-hybridized carbons (Fsp3) is 0.158. The maximum absolute atomic E-state index is 12.7. The molecule has 0 spiro atoms. The maximum Gasteiger partial charge on any atom is 0.351 e. The summed E-state index contributed by atoms with van der Waals surface area (Å²) in [5.41, 5.74) is 0.109. The number of nitrogens with zero attached hydrogens (tertiary/aromatic N) is 3. The summed E-state index contributed by atoms with van der Waals surface area (Å²) in [5, 5.41) is 7.19. The Hall–Kier alpha value is -3.19. The first-order valence-electron chi connectivity index (χ1n) is 8.28. The van der Waals surface area contributed by atoms with Gasteiger partial charge in [-0.2, -0.15) is 9.78 Å². The highest BCUT2D eigenvalue weighted by Crippen LogP contribution is 2.16. The fourth-order valence-electron chi connectivity index (χ4n) is 2.60.